The number of ether oxygens (including phenoxy) is 1. The first-order valence-electron chi connectivity index (χ1n) is 5.82. The topological polar surface area (TPSA) is 38.3 Å². The molecule has 1 N–H and O–H groups in total. The minimum atomic E-state index is -0.0698. The number of benzene rings is 1. The van der Waals surface area contributed by atoms with Crippen LogP contribution in [0, 0.1) is 0 Å². The Morgan fingerprint density at radius 2 is 2.22 bits per heavy atom. The molecule has 5 heteroatoms. The maximum Gasteiger partial charge on any atom is 0.253 e. The van der Waals surface area contributed by atoms with Gasteiger partial charge in [-0.1, -0.05) is 15.9 Å². The number of carbonyl (C=O) groups excluding carboxylic acids is 1. The van der Waals surface area contributed by atoms with E-state index in [0.29, 0.717) is 11.3 Å². The molecule has 0 aliphatic heterocycles. The van der Waals surface area contributed by atoms with Gasteiger partial charge in [-0.05, 0) is 53.4 Å². The van der Waals surface area contributed by atoms with Crippen LogP contribution in [0.4, 0.5) is 0 Å². The molecule has 0 saturated heterocycles. The lowest BCUT2D eigenvalue weighted by molar-refractivity contribution is 0.0855. The summed E-state index contributed by atoms with van der Waals surface area (Å²) in [4.78, 5) is 12.3. The summed E-state index contributed by atoms with van der Waals surface area (Å²) in [5.74, 6) is 0.629. The lowest BCUT2D eigenvalue weighted by Crippen LogP contribution is -2.54. The second kappa shape index (κ2) is 5.61. The third-order valence-corrected chi connectivity index (χ3v) is 5.13. The fourth-order valence-electron chi connectivity index (χ4n) is 2.01. The zero-order valence-corrected chi connectivity index (χ0v) is 13.3. The van der Waals surface area contributed by atoms with Gasteiger partial charge >= 0.3 is 0 Å². The van der Waals surface area contributed by atoms with Crippen molar-refractivity contribution in [2.24, 2.45) is 0 Å². The van der Waals surface area contributed by atoms with Crippen molar-refractivity contribution in [3.8, 4) is 5.75 Å². The first-order chi connectivity index (χ1) is 8.60. The molecule has 0 atom stereocenters. The number of rotatable bonds is 4. The Morgan fingerprint density at radius 3 is 2.72 bits per heavy atom. The molecule has 1 aliphatic rings. The van der Waals surface area contributed by atoms with Gasteiger partial charge in [0, 0.05) is 9.80 Å². The zero-order valence-electron chi connectivity index (χ0n) is 10.1. The molecule has 1 aromatic rings. The molecule has 1 saturated carbocycles. The van der Waals surface area contributed by atoms with Crippen LogP contribution < -0.4 is 10.1 Å². The van der Waals surface area contributed by atoms with Crippen LogP contribution in [0.25, 0.3) is 0 Å². The summed E-state index contributed by atoms with van der Waals surface area (Å²) in [6, 6.07) is 5.40. The van der Waals surface area contributed by atoms with Crippen LogP contribution in [-0.2, 0) is 0 Å². The molecule has 98 valence electrons. The first kappa shape index (κ1) is 13.9. The monoisotopic (exact) mass is 375 g/mol. The van der Waals surface area contributed by atoms with Crippen LogP contribution in [0.15, 0.2) is 22.7 Å². The average Bonchev–Trinajstić information content (AvgIpc) is 2.34. The van der Waals surface area contributed by atoms with Crippen LogP contribution in [-0.4, -0.2) is 23.9 Å². The van der Waals surface area contributed by atoms with Gasteiger partial charge in [0.05, 0.1) is 18.2 Å². The highest BCUT2D eigenvalue weighted by atomic mass is 79.9. The summed E-state index contributed by atoms with van der Waals surface area (Å²) in [5.41, 5.74) is 0.543. The van der Waals surface area contributed by atoms with Gasteiger partial charge in [0.15, 0.2) is 0 Å². The normalized spacial score (nSPS) is 16.8. The summed E-state index contributed by atoms with van der Waals surface area (Å²) >= 11 is 6.88. The number of methoxy groups -OCH3 is 1. The maximum absolute atomic E-state index is 12.3. The zero-order chi connectivity index (χ0) is 13.2. The number of hydrogen-bond acceptors (Lipinski definition) is 2. The van der Waals surface area contributed by atoms with Crippen molar-refractivity contribution < 1.29 is 9.53 Å². The predicted molar refractivity (Wildman–Crippen MR) is 78.5 cm³/mol. The van der Waals surface area contributed by atoms with E-state index in [1.807, 2.05) is 12.1 Å². The van der Waals surface area contributed by atoms with Crippen LogP contribution in [0.1, 0.15) is 29.6 Å². The SMILES string of the molecule is COc1ccc(Br)c(C(=O)NC2(CBr)CCC2)c1. The van der Waals surface area contributed by atoms with Crippen molar-refractivity contribution in [2.45, 2.75) is 24.8 Å². The van der Waals surface area contributed by atoms with E-state index >= 15 is 0 Å². The summed E-state index contributed by atoms with van der Waals surface area (Å²) in [6.45, 7) is 0. The minimum Gasteiger partial charge on any atom is -0.497 e. The highest BCUT2D eigenvalue weighted by Crippen LogP contribution is 2.34. The number of nitrogens with one attached hydrogen (secondary N) is 1. The summed E-state index contributed by atoms with van der Waals surface area (Å²) in [5, 5.41) is 3.92. The lowest BCUT2D eigenvalue weighted by Gasteiger charge is -2.41. The Kier molecular flexibility index (Phi) is 4.33. The highest BCUT2D eigenvalue weighted by molar-refractivity contribution is 9.10. The van der Waals surface area contributed by atoms with Crippen molar-refractivity contribution in [3.05, 3.63) is 28.2 Å². The van der Waals surface area contributed by atoms with E-state index in [0.717, 1.165) is 22.6 Å². The minimum absolute atomic E-state index is 0.0556. The van der Waals surface area contributed by atoms with E-state index in [1.165, 1.54) is 6.42 Å². The van der Waals surface area contributed by atoms with Gasteiger partial charge in [-0.2, -0.15) is 0 Å². The van der Waals surface area contributed by atoms with Gasteiger partial charge < -0.3 is 10.1 Å². The predicted octanol–water partition coefficient (Wildman–Crippen LogP) is 3.51. The second-order valence-electron chi connectivity index (χ2n) is 4.57. The lowest BCUT2D eigenvalue weighted by atomic mass is 9.78. The van der Waals surface area contributed by atoms with Crippen LogP contribution in [0.5, 0.6) is 5.75 Å². The Morgan fingerprint density at radius 1 is 1.50 bits per heavy atom. The quantitative estimate of drug-likeness (QED) is 0.816. The molecule has 0 radical (unpaired) electrons. The fraction of sp³-hybridized carbons (Fsp3) is 0.462. The molecule has 0 heterocycles. The van der Waals surface area contributed by atoms with Gasteiger partial charge in [-0.15, -0.1) is 0 Å². The van der Waals surface area contributed by atoms with Crippen LogP contribution in [0.3, 0.4) is 0 Å². The third-order valence-electron chi connectivity index (χ3n) is 3.36. The maximum atomic E-state index is 12.3. The largest absolute Gasteiger partial charge is 0.497 e. The molecule has 2 rings (SSSR count). The van der Waals surface area contributed by atoms with Gasteiger partial charge in [-0.3, -0.25) is 4.79 Å². The summed E-state index contributed by atoms with van der Waals surface area (Å²) in [6.07, 6.45) is 3.24. The van der Waals surface area contributed by atoms with Gasteiger partial charge in [-0.25, -0.2) is 0 Å². The third kappa shape index (κ3) is 2.72. The number of carbonyl (C=O) groups is 1. The van der Waals surface area contributed by atoms with E-state index in [2.05, 4.69) is 37.2 Å². The smallest absolute Gasteiger partial charge is 0.253 e. The van der Waals surface area contributed by atoms with Crippen molar-refractivity contribution in [3.63, 3.8) is 0 Å². The molecule has 1 aromatic carbocycles. The number of halogens is 2. The summed E-state index contributed by atoms with van der Waals surface area (Å²) in [7, 11) is 1.59. The molecule has 18 heavy (non-hydrogen) atoms. The Labute approximate surface area is 124 Å². The van der Waals surface area contributed by atoms with E-state index < -0.39 is 0 Å². The molecule has 0 spiro atoms. The standard InChI is InChI=1S/C13H15Br2NO2/c1-18-9-3-4-11(15)10(7-9)12(17)16-13(8-14)5-2-6-13/h3-4,7H,2,5-6,8H2,1H3,(H,16,17). The van der Waals surface area contributed by atoms with Gasteiger partial charge in [0.2, 0.25) is 0 Å². The molecule has 1 amide bonds. The molecule has 3 nitrogen and oxygen atoms in total. The van der Waals surface area contributed by atoms with Gasteiger partial charge in [0.25, 0.3) is 5.91 Å². The van der Waals surface area contributed by atoms with E-state index in [9.17, 15) is 4.79 Å². The summed E-state index contributed by atoms with van der Waals surface area (Å²) < 4.78 is 5.93. The van der Waals surface area contributed by atoms with Crippen molar-refractivity contribution >= 4 is 37.8 Å². The number of amides is 1. The number of hydrogen-bond donors (Lipinski definition) is 1. The van der Waals surface area contributed by atoms with Crippen molar-refractivity contribution in [1.29, 1.82) is 0 Å². The highest BCUT2D eigenvalue weighted by Gasteiger charge is 2.37. The molecular weight excluding hydrogens is 362 g/mol. The van der Waals surface area contributed by atoms with E-state index in [1.54, 1.807) is 13.2 Å². The van der Waals surface area contributed by atoms with Crippen LogP contribution in [0.2, 0.25) is 0 Å². The van der Waals surface area contributed by atoms with Crippen molar-refractivity contribution in [2.75, 3.05) is 12.4 Å². The molecule has 0 bridgehead atoms. The molecule has 1 fully saturated rings. The average molecular weight is 377 g/mol. The fourth-order valence-corrected chi connectivity index (χ4v) is 3.14. The molecule has 0 unspecified atom stereocenters. The molecule has 1 aliphatic carbocycles. The van der Waals surface area contributed by atoms with E-state index in [4.69, 9.17) is 4.74 Å². The van der Waals surface area contributed by atoms with E-state index in [-0.39, 0.29) is 11.4 Å². The Hall–Kier alpha value is -0.550. The Balaban J connectivity index is 2.18. The van der Waals surface area contributed by atoms with Crippen molar-refractivity contribution in [1.82, 2.24) is 5.32 Å². The van der Waals surface area contributed by atoms with Gasteiger partial charge in [0.1, 0.15) is 5.75 Å². The molecular formula is C13H15Br2NO2. The Bertz CT molecular complexity index is 453. The number of alkyl halides is 1. The first-order valence-corrected chi connectivity index (χ1v) is 7.74. The van der Waals surface area contributed by atoms with Crippen LogP contribution >= 0.6 is 31.9 Å². The second-order valence-corrected chi connectivity index (χ2v) is 5.98. The molecule has 0 aromatic heterocycles.